The van der Waals surface area contributed by atoms with Crippen LogP contribution in [0.3, 0.4) is 0 Å². The molecule has 0 bridgehead atoms. The van der Waals surface area contributed by atoms with Crippen LogP contribution in [0.25, 0.3) is 0 Å². The van der Waals surface area contributed by atoms with Crippen LogP contribution in [-0.2, 0) is 11.3 Å². The highest BCUT2D eigenvalue weighted by Gasteiger charge is 2.25. The van der Waals surface area contributed by atoms with Crippen LogP contribution in [-0.4, -0.2) is 16.0 Å². The Morgan fingerprint density at radius 1 is 1.38 bits per heavy atom. The molecule has 0 saturated heterocycles. The summed E-state index contributed by atoms with van der Waals surface area (Å²) < 4.78 is 0. The van der Waals surface area contributed by atoms with E-state index < -0.39 is 5.41 Å². The number of phenolic OH excluding ortho intramolecular Hbond substituents is 1. The van der Waals surface area contributed by atoms with E-state index in [0.717, 1.165) is 5.01 Å². The lowest BCUT2D eigenvalue weighted by molar-refractivity contribution is -0.140. The zero-order chi connectivity index (χ0) is 12.3. The van der Waals surface area contributed by atoms with Crippen LogP contribution in [0.15, 0.2) is 24.3 Å². The minimum absolute atomic E-state index is 0.152. The summed E-state index contributed by atoms with van der Waals surface area (Å²) in [5.74, 6) is 5.67. The number of carbonyl (C=O) groups is 1. The fraction of sp³-hybridized carbons (Fsp3) is 0.417. The van der Waals surface area contributed by atoms with Crippen molar-refractivity contribution in [3.8, 4) is 5.75 Å². The van der Waals surface area contributed by atoms with Crippen LogP contribution in [0, 0.1) is 5.41 Å². The Labute approximate surface area is 95.6 Å². The molecule has 1 rings (SSSR count). The highest BCUT2D eigenvalue weighted by Crippen LogP contribution is 2.20. The van der Waals surface area contributed by atoms with Gasteiger partial charge >= 0.3 is 0 Å². The standard InChI is InChI=1S/C12H18N2O2/c1-12(2,3)11(16)14(13)8-9-6-4-5-7-10(9)15/h4-7,15H,8,13H2,1-3H3. The van der Waals surface area contributed by atoms with Crippen molar-refractivity contribution < 1.29 is 9.90 Å². The van der Waals surface area contributed by atoms with Gasteiger partial charge < -0.3 is 5.11 Å². The zero-order valence-corrected chi connectivity index (χ0v) is 9.90. The van der Waals surface area contributed by atoms with Gasteiger partial charge in [-0.25, -0.2) is 5.84 Å². The Bertz CT molecular complexity index is 383. The zero-order valence-electron chi connectivity index (χ0n) is 9.90. The van der Waals surface area contributed by atoms with E-state index in [1.54, 1.807) is 45.0 Å². The number of amides is 1. The van der Waals surface area contributed by atoms with Gasteiger partial charge in [-0.2, -0.15) is 0 Å². The van der Waals surface area contributed by atoms with E-state index in [9.17, 15) is 9.90 Å². The Hall–Kier alpha value is -1.55. The number of hydrogen-bond acceptors (Lipinski definition) is 3. The number of rotatable bonds is 2. The second kappa shape index (κ2) is 4.53. The number of hydrogen-bond donors (Lipinski definition) is 2. The summed E-state index contributed by atoms with van der Waals surface area (Å²) in [6.45, 7) is 5.63. The predicted octanol–water partition coefficient (Wildman–Crippen LogP) is 1.64. The largest absolute Gasteiger partial charge is 0.508 e. The molecule has 0 aliphatic heterocycles. The minimum Gasteiger partial charge on any atom is -0.508 e. The van der Waals surface area contributed by atoms with Gasteiger partial charge in [0.1, 0.15) is 5.75 Å². The van der Waals surface area contributed by atoms with Crippen LogP contribution in [0.5, 0.6) is 5.75 Å². The lowest BCUT2D eigenvalue weighted by atomic mass is 9.95. The van der Waals surface area contributed by atoms with Gasteiger partial charge in [-0.3, -0.25) is 9.80 Å². The molecule has 0 radical (unpaired) electrons. The monoisotopic (exact) mass is 222 g/mol. The van der Waals surface area contributed by atoms with Crippen molar-refractivity contribution in [2.45, 2.75) is 27.3 Å². The highest BCUT2D eigenvalue weighted by atomic mass is 16.3. The van der Waals surface area contributed by atoms with E-state index in [2.05, 4.69) is 0 Å². The number of benzene rings is 1. The Morgan fingerprint density at radius 2 is 1.94 bits per heavy atom. The number of phenols is 1. The van der Waals surface area contributed by atoms with Crippen molar-refractivity contribution in [1.82, 2.24) is 5.01 Å². The number of aromatic hydroxyl groups is 1. The number of nitrogens with two attached hydrogens (primary N) is 1. The first-order valence-electron chi connectivity index (χ1n) is 5.16. The fourth-order valence-electron chi connectivity index (χ4n) is 1.33. The third-order valence-electron chi connectivity index (χ3n) is 2.23. The molecule has 1 amide bonds. The quantitative estimate of drug-likeness (QED) is 0.454. The smallest absolute Gasteiger partial charge is 0.242 e. The van der Waals surface area contributed by atoms with Gasteiger partial charge in [-0.05, 0) is 6.07 Å². The summed E-state index contributed by atoms with van der Waals surface area (Å²) in [6.07, 6.45) is 0. The first kappa shape index (κ1) is 12.5. The van der Waals surface area contributed by atoms with Crippen LogP contribution in [0.1, 0.15) is 26.3 Å². The molecule has 0 atom stereocenters. The molecule has 0 saturated carbocycles. The summed E-state index contributed by atoms with van der Waals surface area (Å²) >= 11 is 0. The summed E-state index contributed by atoms with van der Waals surface area (Å²) in [5.41, 5.74) is 0.127. The molecule has 88 valence electrons. The van der Waals surface area contributed by atoms with E-state index >= 15 is 0 Å². The van der Waals surface area contributed by atoms with Crippen molar-refractivity contribution in [3.05, 3.63) is 29.8 Å². The fourth-order valence-corrected chi connectivity index (χ4v) is 1.33. The molecule has 4 heteroatoms. The van der Waals surface area contributed by atoms with Crippen molar-refractivity contribution in [2.24, 2.45) is 11.3 Å². The molecule has 0 aromatic heterocycles. The Morgan fingerprint density at radius 3 is 2.44 bits per heavy atom. The van der Waals surface area contributed by atoms with Crippen LogP contribution >= 0.6 is 0 Å². The minimum atomic E-state index is -0.515. The van der Waals surface area contributed by atoms with Gasteiger partial charge in [0.2, 0.25) is 5.91 Å². The first-order chi connectivity index (χ1) is 7.32. The van der Waals surface area contributed by atoms with Gasteiger partial charge in [0.15, 0.2) is 0 Å². The molecular formula is C12H18N2O2. The van der Waals surface area contributed by atoms with Gasteiger partial charge in [0.25, 0.3) is 0 Å². The molecule has 4 nitrogen and oxygen atoms in total. The van der Waals surface area contributed by atoms with Gasteiger partial charge in [-0.1, -0.05) is 39.0 Å². The van der Waals surface area contributed by atoms with Crippen molar-refractivity contribution in [1.29, 1.82) is 0 Å². The second-order valence-electron chi connectivity index (χ2n) is 4.81. The summed E-state index contributed by atoms with van der Waals surface area (Å²) in [5, 5.41) is 10.7. The van der Waals surface area contributed by atoms with Gasteiger partial charge in [0.05, 0.1) is 6.54 Å². The normalized spacial score (nSPS) is 11.2. The molecule has 0 unspecified atom stereocenters. The molecule has 1 aromatic rings. The maximum absolute atomic E-state index is 11.8. The summed E-state index contributed by atoms with van der Waals surface area (Å²) in [4.78, 5) is 11.8. The van der Waals surface area contributed by atoms with Gasteiger partial charge in [-0.15, -0.1) is 0 Å². The van der Waals surface area contributed by atoms with E-state index in [1.165, 1.54) is 0 Å². The van der Waals surface area contributed by atoms with Crippen molar-refractivity contribution in [3.63, 3.8) is 0 Å². The molecule has 16 heavy (non-hydrogen) atoms. The maximum atomic E-state index is 11.8. The topological polar surface area (TPSA) is 66.6 Å². The molecule has 0 fully saturated rings. The Balaban J connectivity index is 2.76. The SMILES string of the molecule is CC(C)(C)C(=O)N(N)Cc1ccccc1O. The average molecular weight is 222 g/mol. The van der Waals surface area contributed by atoms with Crippen LogP contribution in [0.2, 0.25) is 0 Å². The number of nitrogens with zero attached hydrogens (tertiary/aromatic N) is 1. The molecule has 0 aliphatic rings. The van der Waals surface area contributed by atoms with E-state index in [1.807, 2.05) is 0 Å². The molecule has 1 aromatic carbocycles. The predicted molar refractivity (Wildman–Crippen MR) is 62.3 cm³/mol. The average Bonchev–Trinajstić information content (AvgIpc) is 2.19. The third-order valence-corrected chi connectivity index (χ3v) is 2.23. The van der Waals surface area contributed by atoms with E-state index in [0.29, 0.717) is 5.56 Å². The number of hydrazine groups is 1. The van der Waals surface area contributed by atoms with Gasteiger partial charge in [0, 0.05) is 11.0 Å². The lowest BCUT2D eigenvalue weighted by Gasteiger charge is -2.25. The molecule has 0 spiro atoms. The van der Waals surface area contributed by atoms with Crippen LogP contribution < -0.4 is 5.84 Å². The van der Waals surface area contributed by atoms with E-state index in [-0.39, 0.29) is 18.2 Å². The van der Waals surface area contributed by atoms with Crippen molar-refractivity contribution in [2.75, 3.05) is 0 Å². The molecule has 0 heterocycles. The molecule has 3 N–H and O–H groups in total. The van der Waals surface area contributed by atoms with Crippen LogP contribution in [0.4, 0.5) is 0 Å². The first-order valence-corrected chi connectivity index (χ1v) is 5.16. The molecular weight excluding hydrogens is 204 g/mol. The highest BCUT2D eigenvalue weighted by molar-refractivity contribution is 5.80. The third kappa shape index (κ3) is 2.97. The van der Waals surface area contributed by atoms with E-state index in [4.69, 9.17) is 5.84 Å². The van der Waals surface area contributed by atoms with Crippen molar-refractivity contribution >= 4 is 5.91 Å². The summed E-state index contributed by atoms with van der Waals surface area (Å²) in [6, 6.07) is 6.84. The second-order valence-corrected chi connectivity index (χ2v) is 4.81. The number of carbonyl (C=O) groups excluding carboxylic acids is 1. The maximum Gasteiger partial charge on any atom is 0.242 e. The molecule has 0 aliphatic carbocycles. The summed E-state index contributed by atoms with van der Waals surface area (Å²) in [7, 11) is 0. The lowest BCUT2D eigenvalue weighted by Crippen LogP contribution is -2.43. The Kier molecular flexibility index (Phi) is 3.55. The number of para-hydroxylation sites is 1.